The lowest BCUT2D eigenvalue weighted by atomic mass is 9.99. The zero-order valence-electron chi connectivity index (χ0n) is 11.2. The van der Waals surface area contributed by atoms with E-state index < -0.39 is 18.0 Å². The first-order valence-corrected chi connectivity index (χ1v) is 6.63. The summed E-state index contributed by atoms with van der Waals surface area (Å²) in [7, 11) is 0. The summed E-state index contributed by atoms with van der Waals surface area (Å²) in [5.74, 6) is 0. The standard InChI is InChI=1S/C15H13ClF3NO/c1-9-4-2-3-5-10(9)8-12(21)11-6-7-13(15(17,18)19)20-14(11)16/h2-7,12,21H,8H2,1H3. The Morgan fingerprint density at radius 2 is 1.86 bits per heavy atom. The molecule has 0 saturated carbocycles. The van der Waals surface area contributed by atoms with Crippen molar-refractivity contribution in [1.82, 2.24) is 4.98 Å². The molecule has 21 heavy (non-hydrogen) atoms. The van der Waals surface area contributed by atoms with Gasteiger partial charge in [-0.05, 0) is 24.1 Å². The van der Waals surface area contributed by atoms with Crippen LogP contribution in [0.15, 0.2) is 36.4 Å². The summed E-state index contributed by atoms with van der Waals surface area (Å²) in [6.45, 7) is 1.90. The second kappa shape index (κ2) is 6.03. The molecule has 2 rings (SSSR count). The number of aryl methyl sites for hydroxylation is 1. The largest absolute Gasteiger partial charge is 0.433 e. The summed E-state index contributed by atoms with van der Waals surface area (Å²) < 4.78 is 37.6. The van der Waals surface area contributed by atoms with Crippen LogP contribution in [0.4, 0.5) is 13.2 Å². The van der Waals surface area contributed by atoms with Crippen molar-refractivity contribution in [3.63, 3.8) is 0 Å². The summed E-state index contributed by atoms with van der Waals surface area (Å²) in [6.07, 6.45) is -5.30. The first-order chi connectivity index (χ1) is 9.79. The average molecular weight is 316 g/mol. The van der Waals surface area contributed by atoms with Crippen LogP contribution in [0.5, 0.6) is 0 Å². The molecular weight excluding hydrogens is 303 g/mol. The van der Waals surface area contributed by atoms with E-state index in [4.69, 9.17) is 11.6 Å². The van der Waals surface area contributed by atoms with Crippen molar-refractivity contribution in [3.05, 3.63) is 63.9 Å². The normalized spacial score (nSPS) is 13.2. The van der Waals surface area contributed by atoms with Crippen LogP contribution >= 0.6 is 11.6 Å². The Hall–Kier alpha value is -1.59. The fourth-order valence-electron chi connectivity index (χ4n) is 2.01. The Morgan fingerprint density at radius 3 is 2.43 bits per heavy atom. The van der Waals surface area contributed by atoms with Crippen molar-refractivity contribution < 1.29 is 18.3 Å². The molecule has 112 valence electrons. The third kappa shape index (κ3) is 3.74. The van der Waals surface area contributed by atoms with Gasteiger partial charge in [-0.1, -0.05) is 41.9 Å². The van der Waals surface area contributed by atoms with Gasteiger partial charge in [0.2, 0.25) is 0 Å². The van der Waals surface area contributed by atoms with Gasteiger partial charge < -0.3 is 5.11 Å². The topological polar surface area (TPSA) is 33.1 Å². The van der Waals surface area contributed by atoms with Gasteiger partial charge in [0.05, 0.1) is 6.10 Å². The number of halogens is 4. The summed E-state index contributed by atoms with van der Waals surface area (Å²) in [5.41, 5.74) is 1.01. The maximum atomic E-state index is 12.5. The van der Waals surface area contributed by atoms with Crippen molar-refractivity contribution in [2.45, 2.75) is 25.6 Å². The van der Waals surface area contributed by atoms with Crippen LogP contribution in [0.3, 0.4) is 0 Å². The summed E-state index contributed by atoms with van der Waals surface area (Å²) in [6, 6.07) is 9.45. The number of aliphatic hydroxyl groups excluding tert-OH is 1. The van der Waals surface area contributed by atoms with Gasteiger partial charge in [0.25, 0.3) is 0 Å². The van der Waals surface area contributed by atoms with Gasteiger partial charge in [0, 0.05) is 12.0 Å². The van der Waals surface area contributed by atoms with Crippen LogP contribution in [0, 0.1) is 6.92 Å². The lowest BCUT2D eigenvalue weighted by Gasteiger charge is -2.15. The maximum Gasteiger partial charge on any atom is 0.433 e. The van der Waals surface area contributed by atoms with E-state index in [1.165, 1.54) is 6.07 Å². The van der Waals surface area contributed by atoms with Crippen LogP contribution in [-0.4, -0.2) is 10.1 Å². The van der Waals surface area contributed by atoms with Crippen LogP contribution in [0.2, 0.25) is 5.15 Å². The summed E-state index contributed by atoms with van der Waals surface area (Å²) in [4.78, 5) is 3.31. The predicted octanol–water partition coefficient (Wildman–Crippen LogP) is 4.34. The molecule has 2 nitrogen and oxygen atoms in total. The maximum absolute atomic E-state index is 12.5. The molecule has 0 bridgehead atoms. The van der Waals surface area contributed by atoms with E-state index in [1.54, 1.807) is 0 Å². The van der Waals surface area contributed by atoms with Crippen LogP contribution < -0.4 is 0 Å². The zero-order chi connectivity index (χ0) is 15.6. The molecule has 0 saturated heterocycles. The van der Waals surface area contributed by atoms with E-state index in [-0.39, 0.29) is 17.1 Å². The van der Waals surface area contributed by atoms with Gasteiger partial charge in [0.15, 0.2) is 0 Å². The number of hydrogen-bond acceptors (Lipinski definition) is 2. The molecule has 1 unspecified atom stereocenters. The van der Waals surface area contributed by atoms with E-state index in [0.717, 1.165) is 17.2 Å². The number of aromatic nitrogens is 1. The molecule has 1 atom stereocenters. The monoisotopic (exact) mass is 315 g/mol. The first kappa shape index (κ1) is 15.8. The number of aliphatic hydroxyl groups is 1. The third-order valence-electron chi connectivity index (χ3n) is 3.20. The Morgan fingerprint density at radius 1 is 1.19 bits per heavy atom. The molecule has 1 aromatic carbocycles. The van der Waals surface area contributed by atoms with E-state index in [1.807, 2.05) is 31.2 Å². The second-order valence-corrected chi connectivity index (χ2v) is 5.08. The van der Waals surface area contributed by atoms with E-state index >= 15 is 0 Å². The molecule has 0 aliphatic heterocycles. The minimum absolute atomic E-state index is 0.188. The summed E-state index contributed by atoms with van der Waals surface area (Å²) >= 11 is 5.77. The van der Waals surface area contributed by atoms with Crippen molar-refractivity contribution in [2.75, 3.05) is 0 Å². The zero-order valence-corrected chi connectivity index (χ0v) is 11.9. The molecule has 1 aromatic heterocycles. The molecule has 0 aliphatic rings. The highest BCUT2D eigenvalue weighted by molar-refractivity contribution is 6.30. The van der Waals surface area contributed by atoms with Gasteiger partial charge in [-0.25, -0.2) is 4.98 Å². The fourth-order valence-corrected chi connectivity index (χ4v) is 2.29. The number of pyridine rings is 1. The predicted molar refractivity (Wildman–Crippen MR) is 74.1 cm³/mol. The Balaban J connectivity index is 2.24. The molecule has 0 fully saturated rings. The highest BCUT2D eigenvalue weighted by Gasteiger charge is 2.33. The highest BCUT2D eigenvalue weighted by atomic mass is 35.5. The number of alkyl halides is 3. The molecule has 6 heteroatoms. The molecular formula is C15H13ClF3NO. The second-order valence-electron chi connectivity index (χ2n) is 4.72. The lowest BCUT2D eigenvalue weighted by Crippen LogP contribution is -2.11. The van der Waals surface area contributed by atoms with E-state index in [2.05, 4.69) is 4.98 Å². The fraction of sp³-hybridized carbons (Fsp3) is 0.267. The molecule has 0 amide bonds. The molecule has 2 aromatic rings. The molecule has 0 radical (unpaired) electrons. The van der Waals surface area contributed by atoms with Crippen LogP contribution in [0.1, 0.15) is 28.5 Å². The molecule has 0 spiro atoms. The van der Waals surface area contributed by atoms with Gasteiger partial charge in [-0.2, -0.15) is 13.2 Å². The van der Waals surface area contributed by atoms with Crippen LogP contribution in [0.25, 0.3) is 0 Å². The van der Waals surface area contributed by atoms with Crippen LogP contribution in [-0.2, 0) is 12.6 Å². The minimum atomic E-state index is -4.55. The Labute approximate surface area is 125 Å². The molecule has 1 N–H and O–H groups in total. The summed E-state index contributed by atoms with van der Waals surface area (Å²) in [5, 5.41) is 9.84. The SMILES string of the molecule is Cc1ccccc1CC(O)c1ccc(C(F)(F)F)nc1Cl. The number of hydrogen-bond donors (Lipinski definition) is 1. The number of benzene rings is 1. The van der Waals surface area contributed by atoms with Gasteiger partial charge in [-0.15, -0.1) is 0 Å². The Kier molecular flexibility index (Phi) is 4.54. The lowest BCUT2D eigenvalue weighted by molar-refractivity contribution is -0.141. The van der Waals surface area contributed by atoms with Crippen molar-refractivity contribution in [2.24, 2.45) is 0 Å². The first-order valence-electron chi connectivity index (χ1n) is 6.25. The number of nitrogens with zero attached hydrogens (tertiary/aromatic N) is 1. The van der Waals surface area contributed by atoms with Crippen molar-refractivity contribution in [3.8, 4) is 0 Å². The van der Waals surface area contributed by atoms with Gasteiger partial charge >= 0.3 is 6.18 Å². The number of rotatable bonds is 3. The van der Waals surface area contributed by atoms with Gasteiger partial charge in [0.1, 0.15) is 10.8 Å². The van der Waals surface area contributed by atoms with E-state index in [9.17, 15) is 18.3 Å². The van der Waals surface area contributed by atoms with Crippen molar-refractivity contribution >= 4 is 11.6 Å². The third-order valence-corrected chi connectivity index (χ3v) is 3.50. The van der Waals surface area contributed by atoms with Crippen molar-refractivity contribution in [1.29, 1.82) is 0 Å². The Bertz CT molecular complexity index is 643. The van der Waals surface area contributed by atoms with Gasteiger partial charge in [-0.3, -0.25) is 0 Å². The highest BCUT2D eigenvalue weighted by Crippen LogP contribution is 2.32. The average Bonchev–Trinajstić information content (AvgIpc) is 2.40. The van der Waals surface area contributed by atoms with E-state index in [0.29, 0.717) is 0 Å². The molecule has 1 heterocycles. The molecule has 0 aliphatic carbocycles. The quantitative estimate of drug-likeness (QED) is 0.855. The smallest absolute Gasteiger partial charge is 0.388 e. The minimum Gasteiger partial charge on any atom is -0.388 e.